The Balaban J connectivity index is 0.000000960. The van der Waals surface area contributed by atoms with Gasteiger partial charge in [-0.3, -0.25) is 9.59 Å². The monoisotopic (exact) mass is 409 g/mol. The van der Waals surface area contributed by atoms with E-state index in [9.17, 15) is 9.59 Å². The molecule has 1 N–H and O–H groups in total. The fourth-order valence-corrected chi connectivity index (χ4v) is 3.91. The molecule has 2 saturated heterocycles. The average molecular weight is 410 g/mol. The van der Waals surface area contributed by atoms with Crippen LogP contribution >= 0.6 is 0 Å². The molecule has 5 heteroatoms. The molecule has 2 amide bonds. The fraction of sp³-hybridized carbons (Fsp3) is 0.917. The van der Waals surface area contributed by atoms with E-state index in [1.165, 1.54) is 12.8 Å². The molecule has 0 radical (unpaired) electrons. The van der Waals surface area contributed by atoms with Crippen molar-refractivity contribution in [2.24, 2.45) is 23.7 Å². The van der Waals surface area contributed by atoms with Crippen LogP contribution in [0.3, 0.4) is 0 Å². The zero-order chi connectivity index (χ0) is 22.0. The smallest absolute Gasteiger partial charge is 0.242 e. The third kappa shape index (κ3) is 10.5. The summed E-state index contributed by atoms with van der Waals surface area (Å²) in [5, 5.41) is 3.30. The van der Waals surface area contributed by atoms with E-state index in [1.54, 1.807) is 4.90 Å². The summed E-state index contributed by atoms with van der Waals surface area (Å²) in [5.41, 5.74) is 0. The molecule has 0 aromatic carbocycles. The summed E-state index contributed by atoms with van der Waals surface area (Å²) in [6.45, 7) is 18.7. The second-order valence-corrected chi connectivity index (χ2v) is 10.4. The molecule has 29 heavy (non-hydrogen) atoms. The summed E-state index contributed by atoms with van der Waals surface area (Å²) in [7, 11) is 0. The van der Waals surface area contributed by atoms with Gasteiger partial charge in [-0.05, 0) is 42.9 Å². The molecule has 5 nitrogen and oxygen atoms in total. The molecular formula is C24H47N3O2. The summed E-state index contributed by atoms with van der Waals surface area (Å²) >= 11 is 0. The lowest BCUT2D eigenvalue weighted by Gasteiger charge is -2.37. The van der Waals surface area contributed by atoms with Crippen LogP contribution in [0.2, 0.25) is 0 Å². The lowest BCUT2D eigenvalue weighted by Crippen LogP contribution is -2.57. The molecule has 0 saturated carbocycles. The van der Waals surface area contributed by atoms with Gasteiger partial charge in [0.25, 0.3) is 0 Å². The minimum Gasteiger partial charge on any atom is -0.341 e. The molecule has 1 unspecified atom stereocenters. The van der Waals surface area contributed by atoms with Crippen molar-refractivity contribution in [3.8, 4) is 0 Å². The van der Waals surface area contributed by atoms with Gasteiger partial charge in [-0.2, -0.15) is 0 Å². The molecular weight excluding hydrogens is 362 g/mol. The zero-order valence-corrected chi connectivity index (χ0v) is 20.2. The summed E-state index contributed by atoms with van der Waals surface area (Å²) in [5.74, 6) is 3.06. The number of rotatable bonds is 7. The Hall–Kier alpha value is -1.10. The van der Waals surface area contributed by atoms with E-state index >= 15 is 0 Å². The van der Waals surface area contributed by atoms with Crippen LogP contribution < -0.4 is 5.32 Å². The number of hydrogen-bond donors (Lipinski definition) is 1. The number of hydrogen-bond acceptors (Lipinski definition) is 3. The van der Waals surface area contributed by atoms with E-state index in [0.717, 1.165) is 56.7 Å². The number of carbonyl (C=O) groups excluding carboxylic acids is 2. The van der Waals surface area contributed by atoms with E-state index in [0.29, 0.717) is 12.5 Å². The minimum atomic E-state index is -0.122. The molecule has 2 aliphatic rings. The van der Waals surface area contributed by atoms with Gasteiger partial charge >= 0.3 is 0 Å². The second kappa shape index (κ2) is 13.3. The van der Waals surface area contributed by atoms with Crippen LogP contribution in [-0.4, -0.2) is 60.4 Å². The summed E-state index contributed by atoms with van der Waals surface area (Å²) in [6.07, 6.45) is 5.64. The number of carbonyl (C=O) groups is 2. The van der Waals surface area contributed by atoms with Gasteiger partial charge in [-0.15, -0.1) is 0 Å². The van der Waals surface area contributed by atoms with Crippen molar-refractivity contribution in [1.29, 1.82) is 0 Å². The van der Waals surface area contributed by atoms with Crippen molar-refractivity contribution >= 4 is 11.8 Å². The number of amides is 2. The topological polar surface area (TPSA) is 52.7 Å². The third-order valence-corrected chi connectivity index (χ3v) is 5.53. The van der Waals surface area contributed by atoms with Crippen molar-refractivity contribution in [3.05, 3.63) is 0 Å². The Bertz CT molecular complexity index is 480. The van der Waals surface area contributed by atoms with Crippen LogP contribution in [0.5, 0.6) is 0 Å². The average Bonchev–Trinajstić information content (AvgIpc) is 2.63. The van der Waals surface area contributed by atoms with E-state index in [2.05, 4.69) is 53.8 Å². The molecule has 2 heterocycles. The predicted molar refractivity (Wildman–Crippen MR) is 122 cm³/mol. The normalized spacial score (nSPS) is 21.0. The molecule has 0 bridgehead atoms. The van der Waals surface area contributed by atoms with Gasteiger partial charge in [0, 0.05) is 26.2 Å². The summed E-state index contributed by atoms with van der Waals surface area (Å²) in [6, 6.07) is -0.122. The van der Waals surface area contributed by atoms with E-state index in [1.807, 2.05) is 4.90 Å². The molecule has 0 aromatic rings. The second-order valence-electron chi connectivity index (χ2n) is 10.4. The Morgan fingerprint density at radius 2 is 1.59 bits per heavy atom. The number of nitrogens with one attached hydrogen (secondary N) is 1. The Morgan fingerprint density at radius 3 is 2.10 bits per heavy atom. The molecule has 1 atom stereocenters. The highest BCUT2D eigenvalue weighted by Gasteiger charge is 2.31. The number of nitrogens with zero attached hydrogens (tertiary/aromatic N) is 2. The molecule has 0 spiro atoms. The largest absolute Gasteiger partial charge is 0.341 e. The van der Waals surface area contributed by atoms with Gasteiger partial charge in [0.15, 0.2) is 0 Å². The number of piperidine rings is 1. The summed E-state index contributed by atoms with van der Waals surface area (Å²) < 4.78 is 0. The molecule has 0 aliphatic carbocycles. The summed E-state index contributed by atoms with van der Waals surface area (Å²) in [4.78, 5) is 28.9. The molecule has 2 rings (SSSR count). The first kappa shape index (κ1) is 25.9. The molecule has 2 aliphatic heterocycles. The van der Waals surface area contributed by atoms with Crippen LogP contribution in [0.4, 0.5) is 0 Å². The van der Waals surface area contributed by atoms with Crippen LogP contribution in [-0.2, 0) is 9.59 Å². The lowest BCUT2D eigenvalue weighted by molar-refractivity contribution is -0.144. The van der Waals surface area contributed by atoms with Crippen molar-refractivity contribution in [2.75, 3.05) is 32.7 Å². The first-order valence-electron chi connectivity index (χ1n) is 11.9. The van der Waals surface area contributed by atoms with E-state index < -0.39 is 0 Å². The Morgan fingerprint density at radius 1 is 1.00 bits per heavy atom. The van der Waals surface area contributed by atoms with Gasteiger partial charge in [-0.25, -0.2) is 0 Å². The van der Waals surface area contributed by atoms with Crippen LogP contribution in [0.15, 0.2) is 0 Å². The minimum absolute atomic E-state index is 0.0973. The highest BCUT2D eigenvalue weighted by atomic mass is 16.2. The first-order valence-corrected chi connectivity index (χ1v) is 11.9. The standard InChI is InChI=1S/C20H37N3O2.C4H10/c1-15(2)5-6-17-7-10-22(11-8-17)19(24)14-23-12-9-21-18(20(23)25)13-16(3)4;1-4(2)3/h15-18,21H,5-14H2,1-4H3;4H,1-3H3. The van der Waals surface area contributed by atoms with Crippen molar-refractivity contribution in [2.45, 2.75) is 86.6 Å². The molecule has 2 fully saturated rings. The Labute approximate surface area is 180 Å². The van der Waals surface area contributed by atoms with E-state index in [-0.39, 0.29) is 24.4 Å². The van der Waals surface area contributed by atoms with Crippen LogP contribution in [0, 0.1) is 23.7 Å². The number of piperazine rings is 1. The van der Waals surface area contributed by atoms with E-state index in [4.69, 9.17) is 0 Å². The Kier molecular flexibility index (Phi) is 11.9. The maximum Gasteiger partial charge on any atom is 0.242 e. The predicted octanol–water partition coefficient (Wildman–Crippen LogP) is 4.17. The first-order chi connectivity index (χ1) is 13.6. The third-order valence-electron chi connectivity index (χ3n) is 5.53. The maximum atomic E-state index is 12.6. The zero-order valence-electron chi connectivity index (χ0n) is 20.2. The van der Waals surface area contributed by atoms with Gasteiger partial charge in [0.2, 0.25) is 11.8 Å². The highest BCUT2D eigenvalue weighted by molar-refractivity contribution is 5.88. The van der Waals surface area contributed by atoms with Crippen molar-refractivity contribution in [3.63, 3.8) is 0 Å². The molecule has 170 valence electrons. The SMILES string of the molecule is CC(C)C.CC(C)CCC1CCN(C(=O)CN2CCNC(CC(C)C)C2=O)CC1. The van der Waals surface area contributed by atoms with Gasteiger partial charge in [0.05, 0.1) is 12.6 Å². The fourth-order valence-electron chi connectivity index (χ4n) is 3.91. The van der Waals surface area contributed by atoms with Crippen LogP contribution in [0.1, 0.15) is 80.6 Å². The van der Waals surface area contributed by atoms with Crippen LogP contribution in [0.25, 0.3) is 0 Å². The van der Waals surface area contributed by atoms with Crippen molar-refractivity contribution < 1.29 is 9.59 Å². The number of likely N-dealkylation sites (tertiary alicyclic amines) is 1. The maximum absolute atomic E-state index is 12.6. The van der Waals surface area contributed by atoms with Gasteiger partial charge in [-0.1, -0.05) is 61.3 Å². The van der Waals surface area contributed by atoms with Crippen molar-refractivity contribution in [1.82, 2.24) is 15.1 Å². The molecule has 0 aromatic heterocycles. The van der Waals surface area contributed by atoms with Gasteiger partial charge < -0.3 is 15.1 Å². The quantitative estimate of drug-likeness (QED) is 0.686. The van der Waals surface area contributed by atoms with Gasteiger partial charge in [0.1, 0.15) is 0 Å². The highest BCUT2D eigenvalue weighted by Crippen LogP contribution is 2.24. The lowest BCUT2D eigenvalue weighted by atomic mass is 9.89.